The van der Waals surface area contributed by atoms with E-state index in [4.69, 9.17) is 0 Å². The Morgan fingerprint density at radius 3 is 2.76 bits per heavy atom. The number of carbonyl (C=O) groups excluding carboxylic acids is 1. The fraction of sp³-hybridized carbons (Fsp3) is 0.438. The van der Waals surface area contributed by atoms with Gasteiger partial charge in [-0.2, -0.15) is 0 Å². The SMILES string of the molecule is Cc1c(C)n(I)c2ccc(C(=O)NCCN3CCC3)cc12. The average molecular weight is 397 g/mol. The molecule has 0 saturated carbocycles. The molecule has 1 aliphatic rings. The second-order valence-electron chi connectivity index (χ2n) is 5.67. The summed E-state index contributed by atoms with van der Waals surface area (Å²) < 4.78 is 2.15. The summed E-state index contributed by atoms with van der Waals surface area (Å²) in [5.74, 6) is 0.0238. The summed E-state index contributed by atoms with van der Waals surface area (Å²) in [6.45, 7) is 8.23. The van der Waals surface area contributed by atoms with Crippen LogP contribution in [0.15, 0.2) is 18.2 Å². The van der Waals surface area contributed by atoms with Gasteiger partial charge in [0.1, 0.15) is 0 Å². The molecule has 2 heterocycles. The van der Waals surface area contributed by atoms with Gasteiger partial charge in [0.2, 0.25) is 0 Å². The lowest BCUT2D eigenvalue weighted by Crippen LogP contribution is -2.42. The van der Waals surface area contributed by atoms with Gasteiger partial charge in [0.15, 0.2) is 0 Å². The second kappa shape index (κ2) is 5.96. The van der Waals surface area contributed by atoms with Crippen molar-refractivity contribution < 1.29 is 4.79 Å². The first-order valence-corrected chi connectivity index (χ1v) is 8.33. The third-order valence-electron chi connectivity index (χ3n) is 4.37. The van der Waals surface area contributed by atoms with Crippen LogP contribution in [-0.4, -0.2) is 39.8 Å². The van der Waals surface area contributed by atoms with Crippen molar-refractivity contribution in [3.05, 3.63) is 35.0 Å². The highest BCUT2D eigenvalue weighted by molar-refractivity contribution is 14.1. The monoisotopic (exact) mass is 397 g/mol. The van der Waals surface area contributed by atoms with Gasteiger partial charge in [-0.1, -0.05) is 0 Å². The van der Waals surface area contributed by atoms with Crippen molar-refractivity contribution in [2.24, 2.45) is 0 Å². The molecule has 3 rings (SSSR count). The van der Waals surface area contributed by atoms with Gasteiger partial charge in [0.25, 0.3) is 5.91 Å². The number of halogens is 1. The predicted molar refractivity (Wildman–Crippen MR) is 94.2 cm³/mol. The minimum absolute atomic E-state index is 0.0238. The van der Waals surface area contributed by atoms with E-state index in [1.54, 1.807) is 0 Å². The van der Waals surface area contributed by atoms with Crippen LogP contribution < -0.4 is 5.32 Å². The number of aromatic nitrogens is 1. The third-order valence-corrected chi connectivity index (χ3v) is 5.62. The van der Waals surface area contributed by atoms with Crippen LogP contribution in [0.5, 0.6) is 0 Å². The largest absolute Gasteiger partial charge is 0.351 e. The zero-order chi connectivity index (χ0) is 15.0. The zero-order valence-corrected chi connectivity index (χ0v) is 14.6. The van der Waals surface area contributed by atoms with Crippen molar-refractivity contribution >= 4 is 39.7 Å². The maximum absolute atomic E-state index is 12.2. The lowest BCUT2D eigenvalue weighted by molar-refractivity contribution is 0.0941. The van der Waals surface area contributed by atoms with Crippen LogP contribution in [0.4, 0.5) is 0 Å². The van der Waals surface area contributed by atoms with Crippen LogP contribution in [0, 0.1) is 13.8 Å². The number of nitrogens with one attached hydrogen (secondary N) is 1. The Balaban J connectivity index is 1.73. The van der Waals surface area contributed by atoms with Gasteiger partial charge in [-0.3, -0.25) is 7.58 Å². The molecule has 1 aromatic heterocycles. The van der Waals surface area contributed by atoms with Crippen LogP contribution in [0.2, 0.25) is 0 Å². The van der Waals surface area contributed by atoms with Gasteiger partial charge in [0, 0.05) is 29.7 Å². The van der Waals surface area contributed by atoms with E-state index in [0.29, 0.717) is 0 Å². The van der Waals surface area contributed by atoms with Gasteiger partial charge in [-0.05, 0) is 57.1 Å². The van der Waals surface area contributed by atoms with E-state index in [9.17, 15) is 4.79 Å². The van der Waals surface area contributed by atoms with E-state index in [-0.39, 0.29) is 5.91 Å². The highest BCUT2D eigenvalue weighted by atomic mass is 127. The Morgan fingerprint density at radius 1 is 1.33 bits per heavy atom. The standard InChI is InChI=1S/C16H20IN3O/c1-11-12(2)20(17)15-5-4-13(10-14(11)15)16(21)18-6-9-19-7-3-8-19/h4-5,10H,3,6-9H2,1-2H3,(H,18,21). The maximum atomic E-state index is 12.2. The quantitative estimate of drug-likeness (QED) is 0.806. The fourth-order valence-corrected chi connectivity index (χ4v) is 3.49. The van der Waals surface area contributed by atoms with Crippen molar-refractivity contribution in [2.45, 2.75) is 20.3 Å². The van der Waals surface area contributed by atoms with Gasteiger partial charge < -0.3 is 10.2 Å². The molecule has 0 spiro atoms. The Hall–Kier alpha value is -1.08. The number of benzene rings is 1. The number of amides is 1. The van der Waals surface area contributed by atoms with E-state index in [2.05, 4.69) is 49.7 Å². The minimum atomic E-state index is 0.0238. The molecule has 1 N–H and O–H groups in total. The highest BCUT2D eigenvalue weighted by Crippen LogP contribution is 2.27. The van der Waals surface area contributed by atoms with Crippen LogP contribution in [0.3, 0.4) is 0 Å². The minimum Gasteiger partial charge on any atom is -0.351 e. The molecule has 1 fully saturated rings. The van der Waals surface area contributed by atoms with Crippen molar-refractivity contribution in [3.8, 4) is 0 Å². The van der Waals surface area contributed by atoms with Crippen LogP contribution in [0.1, 0.15) is 28.0 Å². The Labute approximate surface area is 139 Å². The predicted octanol–water partition coefficient (Wildman–Crippen LogP) is 2.89. The molecule has 0 unspecified atom stereocenters. The summed E-state index contributed by atoms with van der Waals surface area (Å²) in [4.78, 5) is 14.6. The Morgan fingerprint density at radius 2 is 2.10 bits per heavy atom. The van der Waals surface area contributed by atoms with Gasteiger partial charge >= 0.3 is 0 Å². The molecule has 0 radical (unpaired) electrons. The summed E-state index contributed by atoms with van der Waals surface area (Å²) in [6, 6.07) is 5.95. The van der Waals surface area contributed by atoms with Gasteiger partial charge in [-0.15, -0.1) is 0 Å². The molecule has 21 heavy (non-hydrogen) atoms. The molecule has 0 bridgehead atoms. The number of likely N-dealkylation sites (tertiary alicyclic amines) is 1. The summed E-state index contributed by atoms with van der Waals surface area (Å²) in [7, 11) is 0. The zero-order valence-electron chi connectivity index (χ0n) is 12.4. The molecule has 1 aliphatic heterocycles. The van der Waals surface area contributed by atoms with Crippen LogP contribution >= 0.6 is 22.9 Å². The lowest BCUT2D eigenvalue weighted by atomic mass is 10.1. The molecule has 1 aromatic carbocycles. The van der Waals surface area contributed by atoms with E-state index in [1.807, 2.05) is 18.2 Å². The van der Waals surface area contributed by atoms with Crippen molar-refractivity contribution in [2.75, 3.05) is 26.2 Å². The normalized spacial score (nSPS) is 15.2. The molecular formula is C16H20IN3O. The molecule has 1 amide bonds. The average Bonchev–Trinajstić information content (AvgIpc) is 2.66. The molecule has 4 nitrogen and oxygen atoms in total. The van der Waals surface area contributed by atoms with E-state index in [0.717, 1.165) is 24.0 Å². The number of hydrogen-bond acceptors (Lipinski definition) is 2. The smallest absolute Gasteiger partial charge is 0.251 e. The van der Waals surface area contributed by atoms with Crippen LogP contribution in [0.25, 0.3) is 10.9 Å². The second-order valence-corrected chi connectivity index (χ2v) is 6.64. The first kappa shape index (κ1) is 14.8. The van der Waals surface area contributed by atoms with Gasteiger partial charge in [0.05, 0.1) is 28.4 Å². The first-order chi connectivity index (χ1) is 10.1. The summed E-state index contributed by atoms with van der Waals surface area (Å²) in [6.07, 6.45) is 1.29. The molecule has 0 atom stereocenters. The lowest BCUT2D eigenvalue weighted by Gasteiger charge is -2.30. The van der Waals surface area contributed by atoms with Crippen molar-refractivity contribution in [1.82, 2.24) is 13.0 Å². The molecular weight excluding hydrogens is 377 g/mol. The summed E-state index contributed by atoms with van der Waals surface area (Å²) in [5.41, 5.74) is 4.40. The van der Waals surface area contributed by atoms with E-state index >= 15 is 0 Å². The number of fused-ring (bicyclic) bond motifs is 1. The molecule has 5 heteroatoms. The fourth-order valence-electron chi connectivity index (χ4n) is 2.71. The Kier molecular flexibility index (Phi) is 4.21. The molecule has 1 saturated heterocycles. The number of nitrogens with zero attached hydrogens (tertiary/aromatic N) is 2. The van der Waals surface area contributed by atoms with E-state index in [1.165, 1.54) is 36.3 Å². The van der Waals surface area contributed by atoms with E-state index < -0.39 is 0 Å². The number of aryl methyl sites for hydroxylation is 1. The summed E-state index contributed by atoms with van der Waals surface area (Å²) >= 11 is 2.30. The van der Waals surface area contributed by atoms with Crippen molar-refractivity contribution in [3.63, 3.8) is 0 Å². The Bertz CT molecular complexity index is 688. The molecule has 112 valence electrons. The maximum Gasteiger partial charge on any atom is 0.251 e. The molecule has 2 aromatic rings. The summed E-state index contributed by atoms with van der Waals surface area (Å²) in [5, 5.41) is 4.18. The first-order valence-electron chi connectivity index (χ1n) is 7.36. The number of hydrogen-bond donors (Lipinski definition) is 1. The topological polar surface area (TPSA) is 37.3 Å². The van der Waals surface area contributed by atoms with Crippen molar-refractivity contribution in [1.29, 1.82) is 0 Å². The molecule has 0 aliphatic carbocycles. The number of rotatable bonds is 4. The van der Waals surface area contributed by atoms with Crippen LogP contribution in [-0.2, 0) is 0 Å². The van der Waals surface area contributed by atoms with Gasteiger partial charge in [-0.25, -0.2) is 0 Å². The number of carbonyl (C=O) groups is 1. The third kappa shape index (κ3) is 2.81. The highest BCUT2D eigenvalue weighted by Gasteiger charge is 2.15.